The van der Waals surface area contributed by atoms with Gasteiger partial charge in [-0.15, -0.1) is 0 Å². The number of carbonyl (C=O) groups is 1. The molecule has 1 N–H and O–H groups in total. The summed E-state index contributed by atoms with van der Waals surface area (Å²) in [5.41, 5.74) is 2.10. The summed E-state index contributed by atoms with van der Waals surface area (Å²) in [5.74, 6) is 0.147. The number of anilines is 1. The van der Waals surface area contributed by atoms with Gasteiger partial charge in [-0.05, 0) is 18.9 Å². The second kappa shape index (κ2) is 6.75. The second-order valence-electron chi connectivity index (χ2n) is 5.33. The lowest BCUT2D eigenvalue weighted by Crippen LogP contribution is -2.34. The van der Waals surface area contributed by atoms with E-state index < -0.39 is 6.10 Å². The van der Waals surface area contributed by atoms with Crippen molar-refractivity contribution in [3.8, 4) is 0 Å². The van der Waals surface area contributed by atoms with Gasteiger partial charge in [0.05, 0.1) is 6.10 Å². The topological polar surface area (TPSA) is 43.8 Å². The summed E-state index contributed by atoms with van der Waals surface area (Å²) in [5, 5.41) is 10.2. The summed E-state index contributed by atoms with van der Waals surface area (Å²) in [6.07, 6.45) is 1.26. The van der Waals surface area contributed by atoms with E-state index in [0.29, 0.717) is 6.42 Å². The number of benzene rings is 1. The van der Waals surface area contributed by atoms with Gasteiger partial charge in [-0.3, -0.25) is 4.79 Å². The zero-order chi connectivity index (χ0) is 14.5. The van der Waals surface area contributed by atoms with Gasteiger partial charge in [-0.2, -0.15) is 0 Å². The van der Waals surface area contributed by atoms with Crippen molar-refractivity contribution in [2.24, 2.45) is 0 Å². The molecule has 2 rings (SSSR count). The molecule has 4 heteroatoms. The van der Waals surface area contributed by atoms with E-state index in [1.54, 1.807) is 6.92 Å². The minimum Gasteiger partial charge on any atom is -0.388 e. The number of hydrogen-bond donors (Lipinski definition) is 1. The van der Waals surface area contributed by atoms with Crippen molar-refractivity contribution in [3.05, 3.63) is 29.8 Å². The van der Waals surface area contributed by atoms with Gasteiger partial charge < -0.3 is 14.9 Å². The number of nitrogens with zero attached hydrogens (tertiary/aromatic N) is 2. The molecule has 1 fully saturated rings. The van der Waals surface area contributed by atoms with E-state index in [2.05, 4.69) is 11.0 Å². The molecular formula is C16H24N2O2. The molecule has 1 amide bonds. The Labute approximate surface area is 121 Å². The van der Waals surface area contributed by atoms with E-state index in [-0.39, 0.29) is 5.91 Å². The molecule has 0 spiro atoms. The Morgan fingerprint density at radius 3 is 2.70 bits per heavy atom. The van der Waals surface area contributed by atoms with Crippen molar-refractivity contribution in [3.63, 3.8) is 0 Å². The van der Waals surface area contributed by atoms with E-state index in [4.69, 9.17) is 0 Å². The van der Waals surface area contributed by atoms with Gasteiger partial charge in [0.15, 0.2) is 0 Å². The lowest BCUT2D eigenvalue weighted by molar-refractivity contribution is -0.128. The van der Waals surface area contributed by atoms with E-state index in [1.807, 2.05) is 30.0 Å². The largest absolute Gasteiger partial charge is 0.388 e. The normalized spacial score (nSPS) is 17.8. The Bertz CT molecular complexity index is 462. The van der Waals surface area contributed by atoms with E-state index in [0.717, 1.165) is 43.9 Å². The Morgan fingerprint density at radius 2 is 2.00 bits per heavy atom. The third kappa shape index (κ3) is 3.31. The fourth-order valence-electron chi connectivity index (χ4n) is 2.75. The van der Waals surface area contributed by atoms with Crippen LogP contribution in [-0.4, -0.2) is 42.1 Å². The summed E-state index contributed by atoms with van der Waals surface area (Å²) in [4.78, 5) is 15.7. The maximum Gasteiger partial charge on any atom is 0.219 e. The molecule has 4 nitrogen and oxygen atoms in total. The van der Waals surface area contributed by atoms with Gasteiger partial charge in [0.25, 0.3) is 0 Å². The summed E-state index contributed by atoms with van der Waals surface area (Å²) < 4.78 is 0. The van der Waals surface area contributed by atoms with Crippen LogP contribution in [0.5, 0.6) is 0 Å². The molecule has 110 valence electrons. The van der Waals surface area contributed by atoms with Crippen molar-refractivity contribution in [2.75, 3.05) is 31.1 Å². The first-order valence-corrected chi connectivity index (χ1v) is 7.41. The molecule has 20 heavy (non-hydrogen) atoms. The van der Waals surface area contributed by atoms with Crippen molar-refractivity contribution in [2.45, 2.75) is 32.8 Å². The number of aliphatic hydroxyl groups excluding tert-OH is 1. The minimum absolute atomic E-state index is 0.147. The van der Waals surface area contributed by atoms with E-state index in [1.165, 1.54) is 0 Å². The quantitative estimate of drug-likeness (QED) is 0.920. The van der Waals surface area contributed by atoms with Gasteiger partial charge >= 0.3 is 0 Å². The highest BCUT2D eigenvalue weighted by atomic mass is 16.3. The zero-order valence-corrected chi connectivity index (χ0v) is 12.4. The van der Waals surface area contributed by atoms with Crippen molar-refractivity contribution < 1.29 is 9.90 Å². The summed E-state index contributed by atoms with van der Waals surface area (Å²) in [6.45, 7) is 6.95. The maximum atomic E-state index is 11.5. The SMILES string of the molecule is CCC(O)c1ccccc1N1CCCN(C(C)=O)CC1. The molecule has 0 saturated carbocycles. The van der Waals surface area contributed by atoms with Crippen LogP contribution in [0.15, 0.2) is 24.3 Å². The van der Waals surface area contributed by atoms with Crippen LogP contribution in [0.3, 0.4) is 0 Å². The molecule has 1 unspecified atom stereocenters. The van der Waals surface area contributed by atoms with Gasteiger partial charge in [-0.1, -0.05) is 25.1 Å². The molecule has 1 saturated heterocycles. The van der Waals surface area contributed by atoms with Gasteiger partial charge in [0, 0.05) is 44.4 Å². The average Bonchev–Trinajstić information content (AvgIpc) is 2.72. The van der Waals surface area contributed by atoms with Crippen molar-refractivity contribution >= 4 is 11.6 Å². The van der Waals surface area contributed by atoms with Gasteiger partial charge in [-0.25, -0.2) is 0 Å². The number of aliphatic hydroxyl groups is 1. The average molecular weight is 276 g/mol. The van der Waals surface area contributed by atoms with Crippen LogP contribution in [-0.2, 0) is 4.79 Å². The first-order chi connectivity index (χ1) is 9.63. The Kier molecular flexibility index (Phi) is 5.01. The smallest absolute Gasteiger partial charge is 0.219 e. The first kappa shape index (κ1) is 14.9. The predicted molar refractivity (Wildman–Crippen MR) is 80.8 cm³/mol. The van der Waals surface area contributed by atoms with E-state index in [9.17, 15) is 9.90 Å². The highest BCUT2D eigenvalue weighted by Gasteiger charge is 2.20. The predicted octanol–water partition coefficient (Wildman–Crippen LogP) is 2.19. The lowest BCUT2D eigenvalue weighted by Gasteiger charge is -2.27. The first-order valence-electron chi connectivity index (χ1n) is 7.41. The molecule has 0 aliphatic carbocycles. The van der Waals surface area contributed by atoms with Gasteiger partial charge in [0.1, 0.15) is 0 Å². The molecule has 1 aliphatic heterocycles. The van der Waals surface area contributed by atoms with Crippen LogP contribution in [0.4, 0.5) is 5.69 Å². The minimum atomic E-state index is -0.418. The van der Waals surface area contributed by atoms with Crippen LogP contribution in [0.25, 0.3) is 0 Å². The van der Waals surface area contributed by atoms with Crippen LogP contribution in [0, 0.1) is 0 Å². The third-order valence-corrected chi connectivity index (χ3v) is 3.96. The molecule has 1 aromatic carbocycles. The molecular weight excluding hydrogens is 252 g/mol. The molecule has 0 aromatic heterocycles. The molecule has 1 aliphatic rings. The highest BCUT2D eigenvalue weighted by molar-refractivity contribution is 5.73. The monoisotopic (exact) mass is 276 g/mol. The van der Waals surface area contributed by atoms with Crippen LogP contribution < -0.4 is 4.90 Å². The molecule has 0 radical (unpaired) electrons. The van der Waals surface area contributed by atoms with E-state index >= 15 is 0 Å². The number of rotatable bonds is 3. The molecule has 1 atom stereocenters. The second-order valence-corrected chi connectivity index (χ2v) is 5.33. The Morgan fingerprint density at radius 1 is 1.25 bits per heavy atom. The summed E-state index contributed by atoms with van der Waals surface area (Å²) in [7, 11) is 0. The van der Waals surface area contributed by atoms with Crippen molar-refractivity contribution in [1.82, 2.24) is 4.90 Å². The Balaban J connectivity index is 2.17. The number of amides is 1. The maximum absolute atomic E-state index is 11.5. The molecule has 1 heterocycles. The van der Waals surface area contributed by atoms with Crippen LogP contribution in [0.2, 0.25) is 0 Å². The standard InChI is InChI=1S/C16H24N2O2/c1-3-16(20)14-7-4-5-8-15(14)18-10-6-9-17(11-12-18)13(2)19/h4-5,7-8,16,20H,3,6,9-12H2,1-2H3. The van der Waals surface area contributed by atoms with Crippen LogP contribution >= 0.6 is 0 Å². The fraction of sp³-hybridized carbons (Fsp3) is 0.562. The van der Waals surface area contributed by atoms with Crippen molar-refractivity contribution in [1.29, 1.82) is 0 Å². The van der Waals surface area contributed by atoms with Gasteiger partial charge in [0.2, 0.25) is 5.91 Å². The molecule has 0 bridgehead atoms. The zero-order valence-electron chi connectivity index (χ0n) is 12.4. The highest BCUT2D eigenvalue weighted by Crippen LogP contribution is 2.28. The van der Waals surface area contributed by atoms with Crippen LogP contribution in [0.1, 0.15) is 38.4 Å². The number of para-hydroxylation sites is 1. The number of carbonyl (C=O) groups excluding carboxylic acids is 1. The Hall–Kier alpha value is -1.55. The lowest BCUT2D eigenvalue weighted by atomic mass is 10.0. The fourth-order valence-corrected chi connectivity index (χ4v) is 2.75. The summed E-state index contributed by atoms with van der Waals surface area (Å²) in [6, 6.07) is 8.04. The molecule has 1 aromatic rings. The third-order valence-electron chi connectivity index (χ3n) is 3.96. The summed E-state index contributed by atoms with van der Waals surface area (Å²) >= 11 is 0. The number of hydrogen-bond acceptors (Lipinski definition) is 3.